The number of rotatable bonds is 2. The summed E-state index contributed by atoms with van der Waals surface area (Å²) in [6.45, 7) is 0.0154. The zero-order valence-electron chi connectivity index (χ0n) is 10.5. The largest absolute Gasteiger partial charge is 0.341 e. The number of amides is 1. The number of nitrogens with one attached hydrogen (secondary N) is 1. The summed E-state index contributed by atoms with van der Waals surface area (Å²) in [6.07, 6.45) is 0. The van der Waals surface area contributed by atoms with Crippen LogP contribution in [-0.2, 0) is 0 Å². The third-order valence-corrected chi connectivity index (χ3v) is 2.55. The number of hydrogen-bond acceptors (Lipinski definition) is 1. The molecule has 0 radical (unpaired) electrons. The van der Waals surface area contributed by atoms with Gasteiger partial charge in [-0.1, -0.05) is 36.1 Å². The van der Waals surface area contributed by atoms with Crippen molar-refractivity contribution in [2.75, 3.05) is 6.54 Å². The van der Waals surface area contributed by atoms with Crippen LogP contribution in [0, 0.1) is 23.5 Å². The van der Waals surface area contributed by atoms with E-state index in [-0.39, 0.29) is 17.7 Å². The summed E-state index contributed by atoms with van der Waals surface area (Å²) < 4.78 is 26.6. The first kappa shape index (κ1) is 13.8. The minimum atomic E-state index is -0.591. The van der Waals surface area contributed by atoms with Gasteiger partial charge in [0.15, 0.2) is 0 Å². The average molecular weight is 271 g/mol. The average Bonchev–Trinajstić information content (AvgIpc) is 2.45. The first-order valence-electron chi connectivity index (χ1n) is 5.94. The van der Waals surface area contributed by atoms with Crippen molar-refractivity contribution in [3.05, 3.63) is 71.3 Å². The Morgan fingerprint density at radius 2 is 1.65 bits per heavy atom. The van der Waals surface area contributed by atoms with E-state index in [1.165, 1.54) is 24.3 Å². The highest BCUT2D eigenvalue weighted by molar-refractivity contribution is 5.94. The summed E-state index contributed by atoms with van der Waals surface area (Å²) in [5.41, 5.74) is 0.216. The maximum absolute atomic E-state index is 13.3. The molecule has 0 saturated heterocycles. The predicted molar refractivity (Wildman–Crippen MR) is 72.0 cm³/mol. The molecule has 20 heavy (non-hydrogen) atoms. The Bertz CT molecular complexity index is 686. The van der Waals surface area contributed by atoms with Crippen molar-refractivity contribution >= 4 is 5.91 Å². The fourth-order valence-electron chi connectivity index (χ4n) is 1.57. The lowest BCUT2D eigenvalue weighted by Crippen LogP contribution is -2.24. The lowest BCUT2D eigenvalue weighted by molar-refractivity contribution is 0.0954. The van der Waals surface area contributed by atoms with E-state index in [4.69, 9.17) is 0 Å². The Labute approximate surface area is 115 Å². The second kappa shape index (κ2) is 6.48. The standard InChI is InChI=1S/C16H11F2NO/c17-14-9-3-1-6-12(14)7-5-11-19-16(20)13-8-2-4-10-15(13)18/h1-4,6,8-10H,11H2,(H,19,20). The molecule has 0 bridgehead atoms. The molecule has 1 amide bonds. The zero-order valence-corrected chi connectivity index (χ0v) is 10.5. The summed E-state index contributed by atoms with van der Waals surface area (Å²) in [5.74, 6) is 3.66. The molecule has 0 unspecified atom stereocenters. The smallest absolute Gasteiger partial charge is 0.255 e. The molecule has 2 aromatic rings. The second-order valence-corrected chi connectivity index (χ2v) is 3.94. The van der Waals surface area contributed by atoms with Crippen LogP contribution >= 0.6 is 0 Å². The molecule has 2 rings (SSSR count). The number of carbonyl (C=O) groups is 1. The Hall–Kier alpha value is -2.67. The van der Waals surface area contributed by atoms with Crippen LogP contribution in [0.25, 0.3) is 0 Å². The highest BCUT2D eigenvalue weighted by atomic mass is 19.1. The fourth-order valence-corrected chi connectivity index (χ4v) is 1.57. The normalized spacial score (nSPS) is 9.50. The third kappa shape index (κ3) is 3.42. The van der Waals surface area contributed by atoms with Crippen molar-refractivity contribution in [3.8, 4) is 11.8 Å². The van der Waals surface area contributed by atoms with Crippen LogP contribution in [0.5, 0.6) is 0 Å². The molecule has 0 aromatic heterocycles. The van der Waals surface area contributed by atoms with Crippen LogP contribution in [0.2, 0.25) is 0 Å². The van der Waals surface area contributed by atoms with Gasteiger partial charge in [-0.25, -0.2) is 8.78 Å². The van der Waals surface area contributed by atoms with Gasteiger partial charge >= 0.3 is 0 Å². The van der Waals surface area contributed by atoms with E-state index >= 15 is 0 Å². The molecule has 0 heterocycles. The molecule has 4 heteroatoms. The highest BCUT2D eigenvalue weighted by Crippen LogP contribution is 2.05. The molecule has 0 aliphatic carbocycles. The van der Waals surface area contributed by atoms with Gasteiger partial charge < -0.3 is 5.32 Å². The molecular weight excluding hydrogens is 260 g/mol. The maximum atomic E-state index is 13.3. The number of hydrogen-bond donors (Lipinski definition) is 1. The van der Waals surface area contributed by atoms with Crippen molar-refractivity contribution in [2.24, 2.45) is 0 Å². The topological polar surface area (TPSA) is 29.1 Å². The lowest BCUT2D eigenvalue weighted by atomic mass is 10.2. The van der Waals surface area contributed by atoms with Crippen LogP contribution in [0.1, 0.15) is 15.9 Å². The molecule has 1 N–H and O–H groups in total. The quantitative estimate of drug-likeness (QED) is 0.836. The minimum absolute atomic E-state index is 0.0154. The monoisotopic (exact) mass is 271 g/mol. The van der Waals surface area contributed by atoms with Gasteiger partial charge in [0.05, 0.1) is 17.7 Å². The Morgan fingerprint density at radius 3 is 2.35 bits per heavy atom. The minimum Gasteiger partial charge on any atom is -0.341 e. The predicted octanol–water partition coefficient (Wildman–Crippen LogP) is 2.75. The summed E-state index contributed by atoms with van der Waals surface area (Å²) in [6, 6.07) is 11.8. The number of halogens is 2. The van der Waals surface area contributed by atoms with Gasteiger partial charge in [-0.3, -0.25) is 4.79 Å². The van der Waals surface area contributed by atoms with Crippen molar-refractivity contribution in [2.45, 2.75) is 0 Å². The van der Waals surface area contributed by atoms with Crippen LogP contribution in [0.3, 0.4) is 0 Å². The van der Waals surface area contributed by atoms with Crippen molar-refractivity contribution in [3.63, 3.8) is 0 Å². The van der Waals surface area contributed by atoms with Gasteiger partial charge in [0.1, 0.15) is 11.6 Å². The zero-order chi connectivity index (χ0) is 14.4. The molecule has 2 nitrogen and oxygen atoms in total. The van der Waals surface area contributed by atoms with E-state index in [0.29, 0.717) is 0 Å². The van der Waals surface area contributed by atoms with E-state index in [1.54, 1.807) is 24.3 Å². The first-order chi connectivity index (χ1) is 9.68. The molecule has 0 atom stereocenters. The van der Waals surface area contributed by atoms with E-state index in [1.807, 2.05) is 0 Å². The molecule has 0 saturated carbocycles. The van der Waals surface area contributed by atoms with Gasteiger partial charge in [-0.05, 0) is 24.3 Å². The molecule has 0 aliphatic rings. The van der Waals surface area contributed by atoms with Gasteiger partial charge in [-0.2, -0.15) is 0 Å². The molecule has 0 spiro atoms. The molecule has 0 aliphatic heterocycles. The third-order valence-electron chi connectivity index (χ3n) is 2.55. The summed E-state index contributed by atoms with van der Waals surface area (Å²) >= 11 is 0. The summed E-state index contributed by atoms with van der Waals surface area (Å²) in [5, 5.41) is 2.45. The van der Waals surface area contributed by atoms with Crippen LogP contribution in [-0.4, -0.2) is 12.5 Å². The van der Waals surface area contributed by atoms with Crippen LogP contribution < -0.4 is 5.32 Å². The Kier molecular flexibility index (Phi) is 4.46. The second-order valence-electron chi connectivity index (χ2n) is 3.94. The number of benzene rings is 2. The fraction of sp³-hybridized carbons (Fsp3) is 0.0625. The summed E-state index contributed by atoms with van der Waals surface area (Å²) in [4.78, 5) is 11.7. The van der Waals surface area contributed by atoms with Gasteiger partial charge in [-0.15, -0.1) is 0 Å². The SMILES string of the molecule is O=C(NCC#Cc1ccccc1F)c1ccccc1F. The van der Waals surface area contributed by atoms with Crippen LogP contribution in [0.4, 0.5) is 8.78 Å². The van der Waals surface area contributed by atoms with Crippen LogP contribution in [0.15, 0.2) is 48.5 Å². The van der Waals surface area contributed by atoms with E-state index < -0.39 is 17.5 Å². The van der Waals surface area contributed by atoms with Gasteiger partial charge in [0, 0.05) is 0 Å². The number of carbonyl (C=O) groups excluding carboxylic acids is 1. The Balaban J connectivity index is 1.96. The van der Waals surface area contributed by atoms with Crippen molar-refractivity contribution in [1.82, 2.24) is 5.32 Å². The summed E-state index contributed by atoms with van der Waals surface area (Å²) in [7, 11) is 0. The first-order valence-corrected chi connectivity index (χ1v) is 5.94. The van der Waals surface area contributed by atoms with Crippen molar-refractivity contribution in [1.29, 1.82) is 0 Å². The highest BCUT2D eigenvalue weighted by Gasteiger charge is 2.08. The van der Waals surface area contributed by atoms with Gasteiger partial charge in [0.2, 0.25) is 0 Å². The molecule has 2 aromatic carbocycles. The Morgan fingerprint density at radius 1 is 1.00 bits per heavy atom. The molecular formula is C16H11F2NO. The maximum Gasteiger partial charge on any atom is 0.255 e. The molecule has 100 valence electrons. The van der Waals surface area contributed by atoms with E-state index in [0.717, 1.165) is 0 Å². The van der Waals surface area contributed by atoms with Gasteiger partial charge in [0.25, 0.3) is 5.91 Å². The van der Waals surface area contributed by atoms with E-state index in [2.05, 4.69) is 17.2 Å². The lowest BCUT2D eigenvalue weighted by Gasteiger charge is -2.02. The van der Waals surface area contributed by atoms with E-state index in [9.17, 15) is 13.6 Å². The van der Waals surface area contributed by atoms with Crippen molar-refractivity contribution < 1.29 is 13.6 Å². The molecule has 0 fully saturated rings.